The van der Waals surface area contributed by atoms with Crippen molar-refractivity contribution in [2.75, 3.05) is 4.90 Å². The number of nitrogens with zero attached hydrogens (tertiary/aromatic N) is 3. The number of hydrogen-bond donors (Lipinski definition) is 0. The Labute approximate surface area is 287 Å². The summed E-state index contributed by atoms with van der Waals surface area (Å²) in [5.74, 6) is 2.40. The van der Waals surface area contributed by atoms with Gasteiger partial charge in [0.05, 0.1) is 21.8 Å². The predicted molar refractivity (Wildman–Crippen MR) is 203 cm³/mol. The van der Waals surface area contributed by atoms with Crippen molar-refractivity contribution in [3.63, 3.8) is 0 Å². The lowest BCUT2D eigenvalue weighted by atomic mass is 9.99. The molecule has 0 unspecified atom stereocenters. The van der Waals surface area contributed by atoms with Gasteiger partial charge in [0, 0.05) is 43.2 Å². The van der Waals surface area contributed by atoms with Crippen LogP contribution in [0.3, 0.4) is 0 Å². The lowest BCUT2D eigenvalue weighted by Crippen LogP contribution is -2.16. The Bertz CT molecular complexity index is 2630. The number of ether oxygens (including phenoxy) is 1. The van der Waals surface area contributed by atoms with E-state index in [-0.39, 0.29) is 0 Å². The fraction of sp³-hybridized carbons (Fsp3) is 0. The van der Waals surface area contributed by atoms with E-state index in [1.54, 1.807) is 0 Å². The van der Waals surface area contributed by atoms with Crippen LogP contribution in [0.1, 0.15) is 0 Å². The first-order chi connectivity index (χ1) is 24.3. The van der Waals surface area contributed by atoms with Gasteiger partial charge in [-0.2, -0.15) is 0 Å². The molecule has 0 bridgehead atoms. The van der Waals surface area contributed by atoms with Crippen LogP contribution in [0.25, 0.3) is 64.8 Å². The molecule has 0 spiro atoms. The summed E-state index contributed by atoms with van der Waals surface area (Å²) in [6.07, 6.45) is 0. The van der Waals surface area contributed by atoms with Crippen molar-refractivity contribution in [3.8, 4) is 45.4 Å². The van der Waals surface area contributed by atoms with Gasteiger partial charge in [-0.1, -0.05) is 115 Å². The van der Waals surface area contributed by atoms with Crippen molar-refractivity contribution in [3.05, 3.63) is 164 Å². The van der Waals surface area contributed by atoms with Gasteiger partial charge in [0.1, 0.15) is 5.69 Å². The molecule has 1 aliphatic heterocycles. The Morgan fingerprint density at radius 2 is 1.10 bits per heavy atom. The van der Waals surface area contributed by atoms with E-state index < -0.39 is 0 Å². The highest BCUT2D eigenvalue weighted by Crippen LogP contribution is 2.58. The van der Waals surface area contributed by atoms with Crippen molar-refractivity contribution in [2.45, 2.75) is 0 Å². The molecule has 0 radical (unpaired) electrons. The smallest absolute Gasteiger partial charge is 0.160 e. The van der Waals surface area contributed by atoms with Gasteiger partial charge < -0.3 is 9.64 Å². The number of para-hydroxylation sites is 2. The number of thiophene rings is 1. The number of anilines is 3. The third-order valence-corrected chi connectivity index (χ3v) is 10.4. The minimum atomic E-state index is 0.687. The molecule has 2 aromatic heterocycles. The standard InChI is InChI=1S/C44H27N3OS/c1-3-13-28(14-4-1)35-27-36(29-15-5-2-6-16-29)46-44(45-35)30-23-25-31(26-24-30)47-37-20-10-11-21-38(37)48-42-33-18-8-7-17-32(33)40-34-19-9-12-22-39(34)49-43(40)41(42)47/h1-27H. The summed E-state index contributed by atoms with van der Waals surface area (Å²) in [6, 6.07) is 56.9. The van der Waals surface area contributed by atoms with E-state index in [1.165, 1.54) is 25.6 Å². The topological polar surface area (TPSA) is 38.2 Å². The van der Waals surface area contributed by atoms with E-state index in [2.05, 4.69) is 126 Å². The van der Waals surface area contributed by atoms with Gasteiger partial charge in [-0.05, 0) is 53.9 Å². The van der Waals surface area contributed by atoms with E-state index in [0.717, 1.165) is 62.0 Å². The molecule has 0 fully saturated rings. The first-order valence-electron chi connectivity index (χ1n) is 16.3. The zero-order valence-electron chi connectivity index (χ0n) is 26.2. The summed E-state index contributed by atoms with van der Waals surface area (Å²) < 4.78 is 9.26. The summed E-state index contributed by atoms with van der Waals surface area (Å²) in [6.45, 7) is 0. The van der Waals surface area contributed by atoms with Gasteiger partial charge in [0.25, 0.3) is 0 Å². The van der Waals surface area contributed by atoms with Crippen LogP contribution in [-0.4, -0.2) is 9.97 Å². The minimum Gasteiger partial charge on any atom is -0.452 e. The van der Waals surface area contributed by atoms with Gasteiger partial charge in [-0.3, -0.25) is 0 Å². The Morgan fingerprint density at radius 1 is 0.510 bits per heavy atom. The normalized spacial score (nSPS) is 12.2. The van der Waals surface area contributed by atoms with E-state index in [1.807, 2.05) is 53.8 Å². The largest absolute Gasteiger partial charge is 0.452 e. The highest BCUT2D eigenvalue weighted by atomic mass is 32.1. The monoisotopic (exact) mass is 645 g/mol. The fourth-order valence-electron chi connectivity index (χ4n) is 6.99. The molecule has 49 heavy (non-hydrogen) atoms. The highest BCUT2D eigenvalue weighted by Gasteiger charge is 2.31. The lowest BCUT2D eigenvalue weighted by molar-refractivity contribution is 0.483. The average Bonchev–Trinajstić information content (AvgIpc) is 3.58. The van der Waals surface area contributed by atoms with E-state index in [9.17, 15) is 0 Å². The van der Waals surface area contributed by atoms with Crippen molar-refractivity contribution < 1.29 is 4.74 Å². The van der Waals surface area contributed by atoms with Gasteiger partial charge in [0.15, 0.2) is 17.3 Å². The van der Waals surface area contributed by atoms with Gasteiger partial charge in [-0.15, -0.1) is 11.3 Å². The Balaban J connectivity index is 1.17. The summed E-state index contributed by atoms with van der Waals surface area (Å²) >= 11 is 1.82. The molecular weight excluding hydrogens is 619 g/mol. The fourth-order valence-corrected chi connectivity index (χ4v) is 8.24. The second-order valence-corrected chi connectivity index (χ2v) is 13.2. The summed E-state index contributed by atoms with van der Waals surface area (Å²) in [4.78, 5) is 12.5. The molecular formula is C44H27N3OS. The molecule has 9 aromatic rings. The van der Waals surface area contributed by atoms with Crippen LogP contribution < -0.4 is 9.64 Å². The molecule has 7 aromatic carbocycles. The lowest BCUT2D eigenvalue weighted by Gasteiger charge is -2.34. The molecule has 4 nitrogen and oxygen atoms in total. The van der Waals surface area contributed by atoms with Gasteiger partial charge in [-0.25, -0.2) is 9.97 Å². The van der Waals surface area contributed by atoms with Crippen LogP contribution in [0.5, 0.6) is 11.5 Å². The summed E-state index contributed by atoms with van der Waals surface area (Å²) in [7, 11) is 0. The molecule has 0 amide bonds. The summed E-state index contributed by atoms with van der Waals surface area (Å²) in [5.41, 5.74) is 7.96. The van der Waals surface area contributed by atoms with Crippen LogP contribution in [0.2, 0.25) is 0 Å². The van der Waals surface area contributed by atoms with Crippen LogP contribution in [-0.2, 0) is 0 Å². The van der Waals surface area contributed by atoms with Crippen LogP contribution in [0, 0.1) is 0 Å². The average molecular weight is 646 g/mol. The molecule has 0 aliphatic carbocycles. The predicted octanol–water partition coefficient (Wildman–Crippen LogP) is 12.6. The second kappa shape index (κ2) is 11.2. The van der Waals surface area contributed by atoms with Crippen molar-refractivity contribution in [1.29, 1.82) is 0 Å². The molecule has 10 rings (SSSR count). The highest BCUT2D eigenvalue weighted by molar-refractivity contribution is 7.26. The molecule has 230 valence electrons. The summed E-state index contributed by atoms with van der Waals surface area (Å²) in [5, 5.41) is 4.83. The molecule has 0 atom stereocenters. The quantitative estimate of drug-likeness (QED) is 0.191. The zero-order chi connectivity index (χ0) is 32.3. The number of benzene rings is 7. The first kappa shape index (κ1) is 27.8. The van der Waals surface area contributed by atoms with Gasteiger partial charge in [0.2, 0.25) is 0 Å². The molecule has 5 heteroatoms. The molecule has 3 heterocycles. The van der Waals surface area contributed by atoms with E-state index in [4.69, 9.17) is 14.7 Å². The minimum absolute atomic E-state index is 0.687. The maximum atomic E-state index is 6.80. The third-order valence-electron chi connectivity index (χ3n) is 9.26. The van der Waals surface area contributed by atoms with E-state index >= 15 is 0 Å². The number of rotatable bonds is 4. The number of hydrogen-bond acceptors (Lipinski definition) is 5. The maximum absolute atomic E-state index is 6.80. The molecule has 0 N–H and O–H groups in total. The van der Waals surface area contributed by atoms with Crippen LogP contribution in [0.15, 0.2) is 164 Å². The van der Waals surface area contributed by atoms with Crippen molar-refractivity contribution >= 4 is 59.3 Å². The molecule has 0 saturated heterocycles. The number of fused-ring (bicyclic) bond motifs is 9. The Morgan fingerprint density at radius 3 is 1.82 bits per heavy atom. The van der Waals surface area contributed by atoms with Crippen molar-refractivity contribution in [2.24, 2.45) is 0 Å². The Hall–Kier alpha value is -6.30. The SMILES string of the molecule is c1ccc(-c2cc(-c3ccccc3)nc(-c3ccc(N4c5ccccc5Oc5c4c4sc6ccccc6c4c4ccccc54)cc3)n2)cc1. The van der Waals surface area contributed by atoms with Crippen LogP contribution >= 0.6 is 11.3 Å². The Kier molecular flexibility index (Phi) is 6.32. The maximum Gasteiger partial charge on any atom is 0.160 e. The van der Waals surface area contributed by atoms with E-state index in [0.29, 0.717) is 5.82 Å². The molecule has 1 aliphatic rings. The zero-order valence-corrected chi connectivity index (χ0v) is 27.1. The van der Waals surface area contributed by atoms with Gasteiger partial charge >= 0.3 is 0 Å². The van der Waals surface area contributed by atoms with Crippen molar-refractivity contribution in [1.82, 2.24) is 9.97 Å². The second-order valence-electron chi connectivity index (χ2n) is 12.2. The first-order valence-corrected chi connectivity index (χ1v) is 17.2. The molecule has 0 saturated carbocycles. The van der Waals surface area contributed by atoms with Crippen LogP contribution in [0.4, 0.5) is 17.1 Å². The number of aromatic nitrogens is 2. The third kappa shape index (κ3) is 4.51.